The molecule has 0 radical (unpaired) electrons. The number of carbonyl (C=O) groups excluding carboxylic acids is 2. The van der Waals surface area contributed by atoms with Gasteiger partial charge in [0.25, 0.3) is 0 Å². The van der Waals surface area contributed by atoms with Crippen LogP contribution in [0, 0.1) is 12.8 Å². The van der Waals surface area contributed by atoms with Crippen LogP contribution in [0.5, 0.6) is 0 Å². The van der Waals surface area contributed by atoms with E-state index in [1.165, 1.54) is 0 Å². The van der Waals surface area contributed by atoms with Crippen molar-refractivity contribution in [3.05, 3.63) is 11.7 Å². The normalized spacial score (nSPS) is 15.4. The summed E-state index contributed by atoms with van der Waals surface area (Å²) in [6, 6.07) is -0.228. The Morgan fingerprint density at radius 3 is 2.67 bits per heavy atom. The van der Waals surface area contributed by atoms with Crippen LogP contribution in [0.25, 0.3) is 0 Å². The van der Waals surface area contributed by atoms with Crippen molar-refractivity contribution in [2.45, 2.75) is 46.6 Å². The summed E-state index contributed by atoms with van der Waals surface area (Å²) in [6.07, 6.45) is 2.45. The van der Waals surface area contributed by atoms with Crippen LogP contribution in [0.2, 0.25) is 0 Å². The molecule has 1 N–H and O–H groups in total. The summed E-state index contributed by atoms with van der Waals surface area (Å²) in [5, 5.41) is 6.50. The second kappa shape index (κ2) is 8.65. The van der Waals surface area contributed by atoms with Crippen molar-refractivity contribution < 1.29 is 14.1 Å². The molecular weight excluding hydrogens is 310 g/mol. The average Bonchev–Trinajstić information content (AvgIpc) is 2.98. The van der Waals surface area contributed by atoms with Gasteiger partial charge in [0, 0.05) is 32.6 Å². The molecule has 24 heavy (non-hydrogen) atoms. The SMILES string of the molecule is CCN(Cc1nc(C)no1)C(=O)NCCC(=O)N1CCC(C)CC1. The van der Waals surface area contributed by atoms with Gasteiger partial charge in [-0.05, 0) is 32.6 Å². The van der Waals surface area contributed by atoms with E-state index in [2.05, 4.69) is 22.4 Å². The molecule has 0 saturated carbocycles. The molecule has 134 valence electrons. The first kappa shape index (κ1) is 18.2. The molecule has 1 saturated heterocycles. The number of hydrogen-bond acceptors (Lipinski definition) is 5. The summed E-state index contributed by atoms with van der Waals surface area (Å²) < 4.78 is 5.03. The topological polar surface area (TPSA) is 91.6 Å². The lowest BCUT2D eigenvalue weighted by Gasteiger charge is -2.30. The fourth-order valence-electron chi connectivity index (χ4n) is 2.70. The van der Waals surface area contributed by atoms with Gasteiger partial charge in [0.15, 0.2) is 5.82 Å². The van der Waals surface area contributed by atoms with Gasteiger partial charge in [0.2, 0.25) is 11.8 Å². The van der Waals surface area contributed by atoms with Gasteiger partial charge in [-0.1, -0.05) is 12.1 Å². The maximum atomic E-state index is 12.2. The predicted octanol–water partition coefficient (Wildman–Crippen LogP) is 1.56. The molecule has 0 aromatic carbocycles. The fourth-order valence-corrected chi connectivity index (χ4v) is 2.70. The van der Waals surface area contributed by atoms with E-state index in [9.17, 15) is 9.59 Å². The highest BCUT2D eigenvalue weighted by atomic mass is 16.5. The van der Waals surface area contributed by atoms with Gasteiger partial charge >= 0.3 is 6.03 Å². The van der Waals surface area contributed by atoms with Gasteiger partial charge in [-0.15, -0.1) is 0 Å². The lowest BCUT2D eigenvalue weighted by atomic mass is 9.99. The molecule has 1 aromatic heterocycles. The van der Waals surface area contributed by atoms with Crippen LogP contribution in [0.3, 0.4) is 0 Å². The van der Waals surface area contributed by atoms with Crippen LogP contribution >= 0.6 is 0 Å². The lowest BCUT2D eigenvalue weighted by molar-refractivity contribution is -0.132. The number of carbonyl (C=O) groups is 2. The van der Waals surface area contributed by atoms with Crippen molar-refractivity contribution >= 4 is 11.9 Å². The Kier molecular flexibility index (Phi) is 6.57. The zero-order chi connectivity index (χ0) is 17.5. The molecule has 0 spiro atoms. The summed E-state index contributed by atoms with van der Waals surface area (Å²) in [6.45, 7) is 8.60. The second-order valence-corrected chi connectivity index (χ2v) is 6.29. The minimum Gasteiger partial charge on any atom is -0.343 e. The maximum Gasteiger partial charge on any atom is 0.317 e. The first-order chi connectivity index (χ1) is 11.5. The van der Waals surface area contributed by atoms with Crippen LogP contribution < -0.4 is 5.32 Å². The molecule has 0 aliphatic carbocycles. The number of piperidine rings is 1. The van der Waals surface area contributed by atoms with Crippen molar-refractivity contribution in [3.63, 3.8) is 0 Å². The Labute approximate surface area is 142 Å². The van der Waals surface area contributed by atoms with E-state index in [1.807, 2.05) is 11.8 Å². The largest absolute Gasteiger partial charge is 0.343 e. The molecular formula is C16H27N5O3. The van der Waals surface area contributed by atoms with Crippen LogP contribution in [-0.2, 0) is 11.3 Å². The maximum absolute atomic E-state index is 12.2. The van der Waals surface area contributed by atoms with Crippen molar-refractivity contribution in [1.82, 2.24) is 25.3 Å². The molecule has 0 atom stereocenters. The van der Waals surface area contributed by atoms with Crippen LogP contribution in [-0.4, -0.2) is 58.1 Å². The van der Waals surface area contributed by atoms with E-state index < -0.39 is 0 Å². The molecule has 1 aromatic rings. The Morgan fingerprint density at radius 2 is 2.08 bits per heavy atom. The number of urea groups is 1. The zero-order valence-electron chi connectivity index (χ0n) is 14.7. The van der Waals surface area contributed by atoms with E-state index in [0.29, 0.717) is 37.1 Å². The van der Waals surface area contributed by atoms with Crippen molar-refractivity contribution in [2.75, 3.05) is 26.2 Å². The molecule has 3 amide bonds. The molecule has 1 aliphatic rings. The number of rotatable bonds is 6. The number of amides is 3. The number of nitrogens with zero attached hydrogens (tertiary/aromatic N) is 4. The average molecular weight is 337 g/mol. The molecule has 0 bridgehead atoms. The molecule has 8 heteroatoms. The smallest absolute Gasteiger partial charge is 0.317 e. The molecule has 1 aliphatic heterocycles. The second-order valence-electron chi connectivity index (χ2n) is 6.29. The van der Waals surface area contributed by atoms with E-state index in [4.69, 9.17) is 4.52 Å². The van der Waals surface area contributed by atoms with Gasteiger partial charge in [-0.25, -0.2) is 4.79 Å². The summed E-state index contributed by atoms with van der Waals surface area (Å²) in [5.74, 6) is 1.75. The molecule has 0 unspecified atom stereocenters. The fraction of sp³-hybridized carbons (Fsp3) is 0.750. The number of aromatic nitrogens is 2. The van der Waals surface area contributed by atoms with Crippen LogP contribution in [0.1, 0.15) is 44.8 Å². The number of hydrogen-bond donors (Lipinski definition) is 1. The quantitative estimate of drug-likeness (QED) is 0.850. The molecule has 1 fully saturated rings. The third-order valence-electron chi connectivity index (χ3n) is 4.32. The Bertz CT molecular complexity index is 552. The minimum absolute atomic E-state index is 0.109. The number of aryl methyl sites for hydroxylation is 1. The Morgan fingerprint density at radius 1 is 1.38 bits per heavy atom. The Balaban J connectivity index is 1.72. The zero-order valence-corrected chi connectivity index (χ0v) is 14.7. The summed E-state index contributed by atoms with van der Waals surface area (Å²) >= 11 is 0. The van der Waals surface area contributed by atoms with Crippen molar-refractivity contribution in [3.8, 4) is 0 Å². The van der Waals surface area contributed by atoms with Crippen molar-refractivity contribution in [1.29, 1.82) is 0 Å². The van der Waals surface area contributed by atoms with Gasteiger partial charge in [0.05, 0.1) is 0 Å². The summed E-state index contributed by atoms with van der Waals surface area (Å²) in [5.41, 5.74) is 0. The minimum atomic E-state index is -0.228. The van der Waals surface area contributed by atoms with Crippen molar-refractivity contribution in [2.24, 2.45) is 5.92 Å². The first-order valence-corrected chi connectivity index (χ1v) is 8.59. The highest BCUT2D eigenvalue weighted by molar-refractivity contribution is 5.78. The van der Waals surface area contributed by atoms with Crippen LogP contribution in [0.4, 0.5) is 4.79 Å². The monoisotopic (exact) mass is 337 g/mol. The standard InChI is InChI=1S/C16H27N5O3/c1-4-20(11-14-18-13(3)19-24-14)16(23)17-8-5-15(22)21-9-6-12(2)7-10-21/h12H,4-11H2,1-3H3,(H,17,23). The van der Waals surface area contributed by atoms with E-state index in [-0.39, 0.29) is 18.5 Å². The third kappa shape index (κ3) is 5.21. The Hall–Kier alpha value is -2.12. The summed E-state index contributed by atoms with van der Waals surface area (Å²) in [7, 11) is 0. The predicted molar refractivity (Wildman–Crippen MR) is 88.1 cm³/mol. The first-order valence-electron chi connectivity index (χ1n) is 8.59. The van der Waals surface area contributed by atoms with Gasteiger partial charge in [0.1, 0.15) is 6.54 Å². The number of likely N-dealkylation sites (tertiary alicyclic amines) is 1. The number of nitrogens with one attached hydrogen (secondary N) is 1. The van der Waals surface area contributed by atoms with Crippen LogP contribution in [0.15, 0.2) is 4.52 Å². The lowest BCUT2D eigenvalue weighted by Crippen LogP contribution is -2.42. The third-order valence-corrected chi connectivity index (χ3v) is 4.32. The molecule has 8 nitrogen and oxygen atoms in total. The van der Waals surface area contributed by atoms with E-state index in [0.717, 1.165) is 25.9 Å². The van der Waals surface area contributed by atoms with Gasteiger partial charge < -0.3 is 19.6 Å². The van der Waals surface area contributed by atoms with E-state index >= 15 is 0 Å². The van der Waals surface area contributed by atoms with Gasteiger partial charge in [-0.2, -0.15) is 4.98 Å². The van der Waals surface area contributed by atoms with E-state index in [1.54, 1.807) is 11.8 Å². The summed E-state index contributed by atoms with van der Waals surface area (Å²) in [4.78, 5) is 31.9. The van der Waals surface area contributed by atoms with Gasteiger partial charge in [-0.3, -0.25) is 4.79 Å². The molecule has 2 rings (SSSR count). The highest BCUT2D eigenvalue weighted by Crippen LogP contribution is 2.16. The highest BCUT2D eigenvalue weighted by Gasteiger charge is 2.20. The molecule has 2 heterocycles.